The summed E-state index contributed by atoms with van der Waals surface area (Å²) in [5.74, 6) is -2.04. The quantitative estimate of drug-likeness (QED) is 0.456. The summed E-state index contributed by atoms with van der Waals surface area (Å²) in [6, 6.07) is 0.899. The zero-order chi connectivity index (χ0) is 12.1. The van der Waals surface area contributed by atoms with Gasteiger partial charge in [0, 0.05) is 25.0 Å². The number of carboxylic acid groups (broad SMARTS) is 1. The molecule has 0 aromatic carbocycles. The number of hydrogen-bond donors (Lipinski definition) is 3. The van der Waals surface area contributed by atoms with Gasteiger partial charge in [-0.05, 0) is 0 Å². The average molecular weight is 249 g/mol. The number of aliphatic carboxylic acids is 1. The molecule has 1 aromatic heterocycles. The van der Waals surface area contributed by atoms with Crippen LogP contribution < -0.4 is 51.2 Å². The van der Waals surface area contributed by atoms with E-state index in [0.29, 0.717) is 0 Å². The molecule has 8 nitrogen and oxygen atoms in total. The Labute approximate surface area is 117 Å². The standard InChI is InChI=1S/C8H9N3O5.Na/c12-5-3-4(10-8(16)11-5)7(15)9-2-1-6(13)14;/h3H,1-2H2,(H,9,15)(H,13,14)(H2,10,11,12,16);/q;+1/p-1. The fourth-order valence-corrected chi connectivity index (χ4v) is 0.964. The summed E-state index contributed by atoms with van der Waals surface area (Å²) in [5.41, 5.74) is -1.75. The van der Waals surface area contributed by atoms with E-state index in [1.54, 1.807) is 0 Å². The van der Waals surface area contributed by atoms with Crippen LogP contribution in [0.15, 0.2) is 15.7 Å². The topological polar surface area (TPSA) is 135 Å². The SMILES string of the molecule is O=C([O-])CCNC(=O)c1cc(=O)[nH]c(=O)[nH]1.[Na+]. The molecule has 1 amide bonds. The molecular formula is C8H8N3NaO5. The minimum Gasteiger partial charge on any atom is -0.550 e. The first kappa shape index (κ1) is 15.6. The maximum absolute atomic E-state index is 11.3. The molecule has 86 valence electrons. The summed E-state index contributed by atoms with van der Waals surface area (Å²) in [4.78, 5) is 47.0. The Balaban J connectivity index is 0.00000256. The van der Waals surface area contributed by atoms with Crippen LogP contribution in [0, 0.1) is 0 Å². The number of aromatic amines is 2. The van der Waals surface area contributed by atoms with Gasteiger partial charge < -0.3 is 20.2 Å². The molecule has 1 rings (SSSR count). The van der Waals surface area contributed by atoms with Gasteiger partial charge in [-0.15, -0.1) is 0 Å². The van der Waals surface area contributed by atoms with Crippen molar-refractivity contribution < 1.29 is 44.3 Å². The van der Waals surface area contributed by atoms with Gasteiger partial charge in [0.2, 0.25) is 0 Å². The van der Waals surface area contributed by atoms with Gasteiger partial charge in [-0.2, -0.15) is 0 Å². The molecule has 0 aliphatic heterocycles. The van der Waals surface area contributed by atoms with Crippen LogP contribution >= 0.6 is 0 Å². The number of hydrogen-bond acceptors (Lipinski definition) is 5. The van der Waals surface area contributed by atoms with Gasteiger partial charge in [0.05, 0.1) is 0 Å². The van der Waals surface area contributed by atoms with Crippen molar-refractivity contribution in [3.63, 3.8) is 0 Å². The monoisotopic (exact) mass is 249 g/mol. The van der Waals surface area contributed by atoms with Crippen LogP contribution in [-0.2, 0) is 4.79 Å². The number of carbonyl (C=O) groups is 2. The van der Waals surface area contributed by atoms with E-state index in [0.717, 1.165) is 6.07 Å². The fourth-order valence-electron chi connectivity index (χ4n) is 0.964. The van der Waals surface area contributed by atoms with Crippen LogP contribution in [0.25, 0.3) is 0 Å². The number of rotatable bonds is 4. The van der Waals surface area contributed by atoms with Crippen LogP contribution in [0.1, 0.15) is 16.9 Å². The van der Waals surface area contributed by atoms with Gasteiger partial charge in [0.25, 0.3) is 11.5 Å². The molecule has 0 aliphatic carbocycles. The fraction of sp³-hybridized carbons (Fsp3) is 0.250. The maximum Gasteiger partial charge on any atom is 1.00 e. The zero-order valence-electron chi connectivity index (χ0n) is 9.03. The van der Waals surface area contributed by atoms with Gasteiger partial charge >= 0.3 is 35.2 Å². The van der Waals surface area contributed by atoms with Crippen molar-refractivity contribution in [1.29, 1.82) is 0 Å². The van der Waals surface area contributed by atoms with E-state index in [-0.39, 0.29) is 48.2 Å². The summed E-state index contributed by atoms with van der Waals surface area (Å²) in [5, 5.41) is 12.3. The minimum absolute atomic E-state index is 0. The molecule has 0 fully saturated rings. The zero-order valence-corrected chi connectivity index (χ0v) is 11.0. The number of amides is 1. The van der Waals surface area contributed by atoms with Crippen molar-refractivity contribution in [2.45, 2.75) is 6.42 Å². The predicted molar refractivity (Wildman–Crippen MR) is 49.6 cm³/mol. The predicted octanol–water partition coefficient (Wildman–Crippen LogP) is -6.06. The van der Waals surface area contributed by atoms with Crippen LogP contribution in [0.2, 0.25) is 0 Å². The number of nitrogens with one attached hydrogen (secondary N) is 3. The Morgan fingerprint density at radius 1 is 1.29 bits per heavy atom. The summed E-state index contributed by atoms with van der Waals surface area (Å²) < 4.78 is 0. The number of aromatic nitrogens is 2. The third-order valence-electron chi connectivity index (χ3n) is 1.62. The molecule has 1 heterocycles. The second-order valence-electron chi connectivity index (χ2n) is 2.88. The third kappa shape index (κ3) is 5.48. The average Bonchev–Trinajstić information content (AvgIpc) is 2.15. The van der Waals surface area contributed by atoms with Crippen molar-refractivity contribution in [3.05, 3.63) is 32.6 Å². The molecular weight excluding hydrogens is 241 g/mol. The largest absolute Gasteiger partial charge is 1.00 e. The third-order valence-corrected chi connectivity index (χ3v) is 1.62. The van der Waals surface area contributed by atoms with Crippen molar-refractivity contribution in [1.82, 2.24) is 15.3 Å². The summed E-state index contributed by atoms with van der Waals surface area (Å²) >= 11 is 0. The summed E-state index contributed by atoms with van der Waals surface area (Å²) in [7, 11) is 0. The van der Waals surface area contributed by atoms with E-state index in [4.69, 9.17) is 0 Å². The van der Waals surface area contributed by atoms with E-state index < -0.39 is 23.1 Å². The van der Waals surface area contributed by atoms with E-state index >= 15 is 0 Å². The Morgan fingerprint density at radius 3 is 2.47 bits per heavy atom. The van der Waals surface area contributed by atoms with E-state index in [2.05, 4.69) is 10.3 Å². The maximum atomic E-state index is 11.3. The van der Waals surface area contributed by atoms with Crippen molar-refractivity contribution >= 4 is 11.9 Å². The number of H-pyrrole nitrogens is 2. The molecule has 0 radical (unpaired) electrons. The number of carboxylic acids is 1. The van der Waals surface area contributed by atoms with Crippen molar-refractivity contribution in [2.75, 3.05) is 6.54 Å². The second-order valence-corrected chi connectivity index (χ2v) is 2.88. The van der Waals surface area contributed by atoms with Gasteiger partial charge in [0.15, 0.2) is 0 Å². The molecule has 0 bridgehead atoms. The van der Waals surface area contributed by atoms with Gasteiger partial charge in [-0.25, -0.2) is 4.79 Å². The number of carbonyl (C=O) groups excluding carboxylic acids is 2. The Kier molecular flexibility index (Phi) is 6.47. The van der Waals surface area contributed by atoms with Crippen molar-refractivity contribution in [2.24, 2.45) is 0 Å². The molecule has 9 heteroatoms. The van der Waals surface area contributed by atoms with Gasteiger partial charge in [-0.1, -0.05) is 0 Å². The molecule has 0 spiro atoms. The van der Waals surface area contributed by atoms with Crippen LogP contribution in [0.3, 0.4) is 0 Å². The molecule has 0 saturated carbocycles. The molecule has 0 atom stereocenters. The van der Waals surface area contributed by atoms with E-state index in [1.165, 1.54) is 0 Å². The first-order valence-electron chi connectivity index (χ1n) is 4.31. The molecule has 1 aromatic rings. The molecule has 0 aliphatic rings. The second kappa shape index (κ2) is 7.05. The summed E-state index contributed by atoms with van der Waals surface area (Å²) in [6.45, 7) is -0.143. The molecule has 0 unspecified atom stereocenters. The van der Waals surface area contributed by atoms with Gasteiger partial charge in [-0.3, -0.25) is 14.6 Å². The minimum atomic E-state index is -1.31. The molecule has 17 heavy (non-hydrogen) atoms. The summed E-state index contributed by atoms with van der Waals surface area (Å²) in [6.07, 6.45) is -0.348. The smallest absolute Gasteiger partial charge is 0.550 e. The van der Waals surface area contributed by atoms with Crippen LogP contribution in [-0.4, -0.2) is 28.4 Å². The first-order chi connectivity index (χ1) is 7.49. The van der Waals surface area contributed by atoms with Crippen LogP contribution in [0.4, 0.5) is 0 Å². The van der Waals surface area contributed by atoms with Gasteiger partial charge in [0.1, 0.15) is 5.69 Å². The first-order valence-corrected chi connectivity index (χ1v) is 4.31. The van der Waals surface area contributed by atoms with E-state index in [1.807, 2.05) is 4.98 Å². The Morgan fingerprint density at radius 2 is 1.94 bits per heavy atom. The van der Waals surface area contributed by atoms with E-state index in [9.17, 15) is 24.3 Å². The van der Waals surface area contributed by atoms with Crippen molar-refractivity contribution in [3.8, 4) is 0 Å². The molecule has 0 saturated heterocycles. The Bertz CT molecular complexity index is 492. The molecule has 3 N–H and O–H groups in total. The normalized spacial score (nSPS) is 9.18. The Hall–Kier alpha value is -1.38. The van der Waals surface area contributed by atoms with Crippen LogP contribution in [0.5, 0.6) is 0 Å².